The summed E-state index contributed by atoms with van der Waals surface area (Å²) < 4.78 is 30.9. The molecule has 3 atom stereocenters. The fourth-order valence-corrected chi connectivity index (χ4v) is 12.0. The van der Waals surface area contributed by atoms with Gasteiger partial charge in [0.25, 0.3) is 0 Å². The van der Waals surface area contributed by atoms with Gasteiger partial charge in [-0.15, -0.1) is 0 Å². The van der Waals surface area contributed by atoms with E-state index < -0.39 is 20.0 Å². The number of hydrogen-bond acceptors (Lipinski definition) is 6. The van der Waals surface area contributed by atoms with Crippen LogP contribution in [0.15, 0.2) is 85.1 Å². The molecule has 2 N–H and O–H groups in total. The lowest BCUT2D eigenvalue weighted by molar-refractivity contribution is -0.870. The van der Waals surface area contributed by atoms with E-state index in [-0.39, 0.29) is 31.5 Å². The summed E-state index contributed by atoms with van der Waals surface area (Å²) in [7, 11) is 1.50. The number of nitrogens with zero attached hydrogens (tertiary/aromatic N) is 1. The van der Waals surface area contributed by atoms with E-state index in [1.807, 2.05) is 33.3 Å². The molecule has 0 aromatic carbocycles. The van der Waals surface area contributed by atoms with Crippen LogP contribution in [0.1, 0.15) is 367 Å². The summed E-state index contributed by atoms with van der Waals surface area (Å²) in [5.41, 5.74) is 0. The maximum atomic E-state index is 13.7. The molecular formula is C81H150N2O7P+. The number of ether oxygens (including phenoxy) is 1. The number of allylic oxidation sites excluding steroid dienone is 13. The molecule has 0 aliphatic carbocycles. The highest BCUT2D eigenvalue weighted by Gasteiger charge is 2.30. The number of carbonyl (C=O) groups is 2. The van der Waals surface area contributed by atoms with Crippen LogP contribution in [0.2, 0.25) is 0 Å². The van der Waals surface area contributed by atoms with Crippen molar-refractivity contribution in [1.82, 2.24) is 5.32 Å². The van der Waals surface area contributed by atoms with Gasteiger partial charge in [0.05, 0.1) is 33.8 Å². The van der Waals surface area contributed by atoms with Crippen molar-refractivity contribution in [3.8, 4) is 0 Å². The van der Waals surface area contributed by atoms with Gasteiger partial charge in [0, 0.05) is 12.8 Å². The summed E-state index contributed by atoms with van der Waals surface area (Å²) in [6.07, 6.45) is 94.6. The third-order valence-electron chi connectivity index (χ3n) is 17.3. The topological polar surface area (TPSA) is 111 Å². The van der Waals surface area contributed by atoms with E-state index in [4.69, 9.17) is 13.8 Å². The number of carbonyl (C=O) groups excluding carboxylic acids is 2. The molecule has 0 aromatic rings. The summed E-state index contributed by atoms with van der Waals surface area (Å²) in [5.74, 6) is -0.499. The van der Waals surface area contributed by atoms with Crippen molar-refractivity contribution < 1.29 is 37.3 Å². The summed E-state index contributed by atoms with van der Waals surface area (Å²) >= 11 is 0. The van der Waals surface area contributed by atoms with Crippen LogP contribution >= 0.6 is 7.82 Å². The molecule has 0 aliphatic rings. The zero-order valence-corrected chi connectivity index (χ0v) is 61.7. The van der Waals surface area contributed by atoms with Crippen molar-refractivity contribution in [2.45, 2.75) is 380 Å². The highest BCUT2D eigenvalue weighted by Crippen LogP contribution is 2.43. The summed E-state index contributed by atoms with van der Waals surface area (Å²) in [6.45, 7) is 7.00. The van der Waals surface area contributed by atoms with Crippen molar-refractivity contribution in [2.24, 2.45) is 0 Å². The van der Waals surface area contributed by atoms with Crippen LogP contribution in [0.4, 0.5) is 0 Å². The van der Waals surface area contributed by atoms with E-state index in [1.54, 1.807) is 0 Å². The lowest BCUT2D eigenvalue weighted by Gasteiger charge is -2.27. The molecule has 0 spiro atoms. The molecule has 530 valence electrons. The van der Waals surface area contributed by atoms with Gasteiger partial charge in [0.15, 0.2) is 0 Å². The first kappa shape index (κ1) is 88.2. The van der Waals surface area contributed by atoms with Gasteiger partial charge in [-0.25, -0.2) is 4.57 Å². The molecule has 0 aromatic heterocycles. The van der Waals surface area contributed by atoms with Crippen LogP contribution in [-0.4, -0.2) is 74.3 Å². The van der Waals surface area contributed by atoms with Gasteiger partial charge in [-0.1, -0.05) is 331 Å². The average molecular weight is 1300 g/mol. The number of amides is 1. The minimum absolute atomic E-state index is 0.0380. The van der Waals surface area contributed by atoms with Gasteiger partial charge in [0.2, 0.25) is 5.91 Å². The van der Waals surface area contributed by atoms with Crippen LogP contribution in [0, 0.1) is 0 Å². The molecule has 0 saturated carbocycles. The Bertz CT molecular complexity index is 1830. The first-order valence-corrected chi connectivity index (χ1v) is 40.4. The van der Waals surface area contributed by atoms with Gasteiger partial charge < -0.3 is 19.4 Å². The van der Waals surface area contributed by atoms with E-state index >= 15 is 0 Å². The van der Waals surface area contributed by atoms with Crippen LogP contribution < -0.4 is 5.32 Å². The molecule has 3 unspecified atom stereocenters. The number of hydrogen-bond donors (Lipinski definition) is 2. The minimum Gasteiger partial charge on any atom is -0.456 e. The van der Waals surface area contributed by atoms with Gasteiger partial charge >= 0.3 is 13.8 Å². The molecule has 10 heteroatoms. The highest BCUT2D eigenvalue weighted by atomic mass is 31.2. The Morgan fingerprint density at radius 2 is 0.670 bits per heavy atom. The Hall–Kier alpha value is -2.81. The van der Waals surface area contributed by atoms with E-state index in [0.29, 0.717) is 17.4 Å². The molecule has 0 saturated heterocycles. The van der Waals surface area contributed by atoms with E-state index in [1.165, 1.54) is 238 Å². The van der Waals surface area contributed by atoms with Crippen LogP contribution in [0.3, 0.4) is 0 Å². The highest BCUT2D eigenvalue weighted by molar-refractivity contribution is 7.47. The first-order valence-electron chi connectivity index (χ1n) is 38.9. The molecule has 0 heterocycles. The fraction of sp³-hybridized carbons (Fsp3) is 0.802. The largest absolute Gasteiger partial charge is 0.472 e. The third-order valence-corrected chi connectivity index (χ3v) is 18.3. The summed E-state index contributed by atoms with van der Waals surface area (Å²) in [5, 5.41) is 3.08. The quantitative estimate of drug-likeness (QED) is 0.0205. The van der Waals surface area contributed by atoms with Crippen LogP contribution in [-0.2, 0) is 27.9 Å². The van der Waals surface area contributed by atoms with Gasteiger partial charge in [0.1, 0.15) is 19.3 Å². The Morgan fingerprint density at radius 3 is 1.02 bits per heavy atom. The fourth-order valence-electron chi connectivity index (χ4n) is 11.3. The van der Waals surface area contributed by atoms with Crippen molar-refractivity contribution in [1.29, 1.82) is 0 Å². The number of rotatable bonds is 71. The molecule has 91 heavy (non-hydrogen) atoms. The Kier molecular flexibility index (Phi) is 67.8. The Balaban J connectivity index is 5.00. The van der Waals surface area contributed by atoms with Crippen LogP contribution in [0.5, 0.6) is 0 Å². The Labute approximate surface area is 565 Å². The van der Waals surface area contributed by atoms with Crippen molar-refractivity contribution in [3.63, 3.8) is 0 Å². The SMILES string of the molecule is CCCCC/C=C\C/C=C\C/C=C\C/C=C\CCCCCCCCCCCC(=O)OC(/C=C/CCCCCCCCCCCCC)C(COP(=O)(O)OCC[N+](C)(C)C)NC(=O)CCCCCCCCCCCCCCCCCCC/C=C\C/C=C\CCCCC. The predicted molar refractivity (Wildman–Crippen MR) is 397 cm³/mol. The van der Waals surface area contributed by atoms with Crippen LogP contribution in [0.25, 0.3) is 0 Å². The molecule has 0 fully saturated rings. The van der Waals surface area contributed by atoms with Gasteiger partial charge in [-0.3, -0.25) is 18.6 Å². The number of nitrogens with one attached hydrogen (secondary N) is 1. The summed E-state index contributed by atoms with van der Waals surface area (Å²) in [4.78, 5) is 38.0. The predicted octanol–water partition coefficient (Wildman–Crippen LogP) is 25.2. The molecule has 0 radical (unpaired) electrons. The second-order valence-electron chi connectivity index (χ2n) is 27.5. The van der Waals surface area contributed by atoms with Crippen molar-refractivity contribution in [2.75, 3.05) is 40.9 Å². The molecule has 0 aliphatic heterocycles. The average Bonchev–Trinajstić information content (AvgIpc) is 3.70. The monoisotopic (exact) mass is 1290 g/mol. The third kappa shape index (κ3) is 71.3. The number of esters is 1. The van der Waals surface area contributed by atoms with Crippen molar-refractivity contribution in [3.05, 3.63) is 85.1 Å². The van der Waals surface area contributed by atoms with Gasteiger partial charge in [-0.05, 0) is 109 Å². The molecule has 1 amide bonds. The van der Waals surface area contributed by atoms with E-state index in [9.17, 15) is 19.0 Å². The number of phosphoric ester groups is 1. The zero-order valence-electron chi connectivity index (χ0n) is 60.8. The first-order chi connectivity index (χ1) is 44.4. The number of likely N-dealkylation sites (N-methyl/N-ethyl adjacent to an activating group) is 1. The lowest BCUT2D eigenvalue weighted by Crippen LogP contribution is -2.47. The lowest BCUT2D eigenvalue weighted by atomic mass is 10.0. The molecule has 0 bridgehead atoms. The van der Waals surface area contributed by atoms with Gasteiger partial charge in [-0.2, -0.15) is 0 Å². The normalized spacial score (nSPS) is 13.9. The maximum absolute atomic E-state index is 13.7. The molecular weight excluding hydrogens is 1140 g/mol. The standard InChI is InChI=1S/C81H149N2O7P/c1-7-10-13-16-19-22-25-28-30-32-34-36-38-40-41-43-44-46-48-50-52-55-58-61-64-67-70-73-80(84)82-78(77-89-91(86,87)88-76-75-83(4,5)6)79(72-69-66-63-60-57-54-27-24-21-18-15-12-9-3)90-81(85)74-71-68-65-62-59-56-53-51-49-47-45-42-39-37-35-33-31-29-26-23-20-17-14-11-8-2/h19-20,22-23,28-31,35,37,42,45,69,72,78-79H,7-18,21,24-27,32-34,36,38-41,43-44,46-68,70-71,73-77H2,1-6H3,(H-,82,84,86,87)/p+1/b22-19-,23-20-,30-28-,31-29-,37-35-,45-42-,72-69+. The van der Waals surface area contributed by atoms with Crippen molar-refractivity contribution >= 4 is 19.7 Å². The molecule has 9 nitrogen and oxygen atoms in total. The smallest absolute Gasteiger partial charge is 0.456 e. The molecule has 0 rings (SSSR count). The Morgan fingerprint density at radius 1 is 0.385 bits per heavy atom. The maximum Gasteiger partial charge on any atom is 0.472 e. The number of phosphoric acid groups is 1. The summed E-state index contributed by atoms with van der Waals surface area (Å²) in [6, 6.07) is -0.855. The zero-order chi connectivity index (χ0) is 66.3. The second-order valence-corrected chi connectivity index (χ2v) is 29.0. The number of quaternary nitrogens is 1. The second kappa shape index (κ2) is 70.0. The van der Waals surface area contributed by atoms with E-state index in [2.05, 4.69) is 99.0 Å². The van der Waals surface area contributed by atoms with E-state index in [0.717, 1.165) is 96.3 Å². The number of unbranched alkanes of at least 4 members (excludes halogenated alkanes) is 43. The minimum atomic E-state index is -4.46.